The third-order valence-corrected chi connectivity index (χ3v) is 4.90. The minimum Gasteiger partial charge on any atom is -0.490 e. The predicted octanol–water partition coefficient (Wildman–Crippen LogP) is 4.29. The van der Waals surface area contributed by atoms with E-state index in [1.807, 2.05) is 31.2 Å². The lowest BCUT2D eigenvalue weighted by Crippen LogP contribution is -2.41. The number of anilines is 1. The van der Waals surface area contributed by atoms with Gasteiger partial charge in [0.2, 0.25) is 0 Å². The van der Waals surface area contributed by atoms with Gasteiger partial charge >= 0.3 is 12.0 Å². The van der Waals surface area contributed by atoms with Crippen molar-refractivity contribution in [3.8, 4) is 5.75 Å². The summed E-state index contributed by atoms with van der Waals surface area (Å²) < 4.78 is 10.7. The number of amides is 2. The Labute approximate surface area is 165 Å². The Morgan fingerprint density at radius 3 is 2.18 bits per heavy atom. The van der Waals surface area contributed by atoms with Crippen molar-refractivity contribution < 1.29 is 19.1 Å². The zero-order valence-corrected chi connectivity index (χ0v) is 16.2. The Kier molecular flexibility index (Phi) is 6.53. The van der Waals surface area contributed by atoms with Gasteiger partial charge in [-0.1, -0.05) is 17.7 Å². The summed E-state index contributed by atoms with van der Waals surface area (Å²) in [7, 11) is 1.36. The van der Waals surface area contributed by atoms with Crippen LogP contribution in [0.3, 0.4) is 0 Å². The topological polar surface area (TPSA) is 76.7 Å². The van der Waals surface area contributed by atoms with E-state index in [1.54, 1.807) is 24.3 Å². The molecular formula is C22H26N2O4. The Bertz CT molecular complexity index is 794. The molecule has 148 valence electrons. The van der Waals surface area contributed by atoms with Crippen LogP contribution in [-0.4, -0.2) is 31.3 Å². The molecule has 3 rings (SSSR count). The maximum Gasteiger partial charge on any atom is 0.337 e. The molecule has 1 aliphatic rings. The van der Waals surface area contributed by atoms with Crippen molar-refractivity contribution in [2.24, 2.45) is 0 Å². The largest absolute Gasteiger partial charge is 0.490 e. The van der Waals surface area contributed by atoms with E-state index in [0.717, 1.165) is 42.7 Å². The van der Waals surface area contributed by atoms with Crippen LogP contribution in [0.4, 0.5) is 10.5 Å². The molecule has 0 aromatic heterocycles. The molecule has 0 heterocycles. The van der Waals surface area contributed by atoms with Crippen LogP contribution in [-0.2, 0) is 4.74 Å². The van der Waals surface area contributed by atoms with Gasteiger partial charge in [-0.25, -0.2) is 9.59 Å². The number of ether oxygens (including phenoxy) is 2. The number of nitrogens with one attached hydrogen (secondary N) is 2. The normalized spacial score (nSPS) is 18.8. The minimum atomic E-state index is -0.359. The molecule has 1 aliphatic carbocycles. The number of urea groups is 1. The van der Waals surface area contributed by atoms with Crippen LogP contribution in [0.2, 0.25) is 0 Å². The second kappa shape index (κ2) is 9.26. The zero-order chi connectivity index (χ0) is 19.9. The molecule has 2 N–H and O–H groups in total. The van der Waals surface area contributed by atoms with E-state index in [9.17, 15) is 9.59 Å². The lowest BCUT2D eigenvalue weighted by molar-refractivity contribution is 0.0600. The number of carbonyl (C=O) groups is 2. The highest BCUT2D eigenvalue weighted by Crippen LogP contribution is 2.24. The molecule has 1 saturated carbocycles. The van der Waals surface area contributed by atoms with Crippen molar-refractivity contribution in [1.29, 1.82) is 0 Å². The highest BCUT2D eigenvalue weighted by molar-refractivity contribution is 5.89. The van der Waals surface area contributed by atoms with Crippen LogP contribution in [0.25, 0.3) is 0 Å². The quantitative estimate of drug-likeness (QED) is 0.756. The number of esters is 1. The van der Waals surface area contributed by atoms with E-state index in [2.05, 4.69) is 10.6 Å². The van der Waals surface area contributed by atoms with Crippen molar-refractivity contribution in [2.75, 3.05) is 12.4 Å². The predicted molar refractivity (Wildman–Crippen MR) is 108 cm³/mol. The van der Waals surface area contributed by atoms with Gasteiger partial charge < -0.3 is 20.1 Å². The monoisotopic (exact) mass is 382 g/mol. The minimum absolute atomic E-state index is 0.113. The molecule has 0 spiro atoms. The molecule has 2 amide bonds. The lowest BCUT2D eigenvalue weighted by atomic mass is 9.93. The zero-order valence-electron chi connectivity index (χ0n) is 16.2. The van der Waals surface area contributed by atoms with E-state index < -0.39 is 0 Å². The molecule has 0 radical (unpaired) electrons. The summed E-state index contributed by atoms with van der Waals surface area (Å²) in [5, 5.41) is 5.90. The Balaban J connectivity index is 1.42. The third-order valence-electron chi connectivity index (χ3n) is 4.90. The van der Waals surface area contributed by atoms with Crippen LogP contribution in [0, 0.1) is 6.92 Å². The Morgan fingerprint density at radius 2 is 1.57 bits per heavy atom. The van der Waals surface area contributed by atoms with Gasteiger partial charge in [-0.2, -0.15) is 0 Å². The van der Waals surface area contributed by atoms with E-state index >= 15 is 0 Å². The van der Waals surface area contributed by atoms with Gasteiger partial charge in [0, 0.05) is 11.7 Å². The molecule has 0 atom stereocenters. The van der Waals surface area contributed by atoms with Gasteiger partial charge in [0.25, 0.3) is 0 Å². The van der Waals surface area contributed by atoms with Gasteiger partial charge in [0.1, 0.15) is 5.75 Å². The van der Waals surface area contributed by atoms with Gasteiger partial charge in [0.15, 0.2) is 0 Å². The van der Waals surface area contributed by atoms with Crippen molar-refractivity contribution in [2.45, 2.75) is 44.8 Å². The number of hydrogen-bond donors (Lipinski definition) is 2. The van der Waals surface area contributed by atoms with Crippen LogP contribution >= 0.6 is 0 Å². The standard InChI is InChI=1S/C22H26N2O4/c1-15-3-7-17(8-4-15)23-22(26)24-18-9-13-20(14-10-18)28-19-11-5-16(6-12-19)21(25)27-2/h3-8,11-12,18,20H,9-10,13-14H2,1-2H3,(H2,23,24,26). The third kappa shape index (κ3) is 5.49. The summed E-state index contributed by atoms with van der Waals surface area (Å²) in [6, 6.07) is 14.7. The van der Waals surface area contributed by atoms with Gasteiger partial charge in [0.05, 0.1) is 18.8 Å². The molecule has 1 fully saturated rings. The molecule has 0 aliphatic heterocycles. The van der Waals surface area contributed by atoms with Gasteiger partial charge in [-0.15, -0.1) is 0 Å². The second-order valence-corrected chi connectivity index (χ2v) is 7.07. The fourth-order valence-electron chi connectivity index (χ4n) is 3.29. The molecule has 0 unspecified atom stereocenters. The second-order valence-electron chi connectivity index (χ2n) is 7.07. The van der Waals surface area contributed by atoms with Crippen molar-refractivity contribution in [1.82, 2.24) is 5.32 Å². The maximum absolute atomic E-state index is 12.2. The average molecular weight is 382 g/mol. The Morgan fingerprint density at radius 1 is 0.929 bits per heavy atom. The maximum atomic E-state index is 12.2. The highest BCUT2D eigenvalue weighted by Gasteiger charge is 2.23. The van der Waals surface area contributed by atoms with Crippen LogP contribution < -0.4 is 15.4 Å². The molecular weight excluding hydrogens is 356 g/mol. The van der Waals surface area contributed by atoms with E-state index in [1.165, 1.54) is 7.11 Å². The molecule has 2 aromatic rings. The first-order chi connectivity index (χ1) is 13.5. The van der Waals surface area contributed by atoms with E-state index in [4.69, 9.17) is 9.47 Å². The number of methoxy groups -OCH3 is 1. The Hall–Kier alpha value is -3.02. The SMILES string of the molecule is COC(=O)c1ccc(OC2CCC(NC(=O)Nc3ccc(C)cc3)CC2)cc1. The van der Waals surface area contributed by atoms with Gasteiger partial charge in [-0.3, -0.25) is 0 Å². The molecule has 28 heavy (non-hydrogen) atoms. The molecule has 0 saturated heterocycles. The van der Waals surface area contributed by atoms with E-state index in [-0.39, 0.29) is 24.1 Å². The molecule has 0 bridgehead atoms. The smallest absolute Gasteiger partial charge is 0.337 e. The van der Waals surface area contributed by atoms with Crippen LogP contribution in [0.5, 0.6) is 5.75 Å². The fraction of sp³-hybridized carbons (Fsp3) is 0.364. The summed E-state index contributed by atoms with van der Waals surface area (Å²) >= 11 is 0. The lowest BCUT2D eigenvalue weighted by Gasteiger charge is -2.29. The van der Waals surface area contributed by atoms with Crippen LogP contribution in [0.15, 0.2) is 48.5 Å². The summed E-state index contributed by atoms with van der Waals surface area (Å²) in [5.74, 6) is 0.378. The van der Waals surface area contributed by atoms with Crippen LogP contribution in [0.1, 0.15) is 41.6 Å². The fourth-order valence-corrected chi connectivity index (χ4v) is 3.29. The number of carbonyl (C=O) groups excluding carboxylic acids is 2. The van der Waals surface area contributed by atoms with Crippen molar-refractivity contribution >= 4 is 17.7 Å². The summed E-state index contributed by atoms with van der Waals surface area (Å²) in [5.41, 5.74) is 2.45. The number of hydrogen-bond acceptors (Lipinski definition) is 4. The van der Waals surface area contributed by atoms with E-state index in [0.29, 0.717) is 5.56 Å². The summed E-state index contributed by atoms with van der Waals surface area (Å²) in [4.78, 5) is 23.6. The van der Waals surface area contributed by atoms with Crippen molar-refractivity contribution in [3.05, 3.63) is 59.7 Å². The highest BCUT2D eigenvalue weighted by atomic mass is 16.5. The first-order valence-corrected chi connectivity index (χ1v) is 9.52. The molecule has 2 aromatic carbocycles. The number of aryl methyl sites for hydroxylation is 1. The summed E-state index contributed by atoms with van der Waals surface area (Å²) in [6.45, 7) is 2.01. The average Bonchev–Trinajstić information content (AvgIpc) is 2.71. The van der Waals surface area contributed by atoms with Gasteiger partial charge in [-0.05, 0) is 69.0 Å². The first-order valence-electron chi connectivity index (χ1n) is 9.52. The van der Waals surface area contributed by atoms with Crippen molar-refractivity contribution in [3.63, 3.8) is 0 Å². The number of rotatable bonds is 5. The molecule has 6 nitrogen and oxygen atoms in total. The number of benzene rings is 2. The summed E-state index contributed by atoms with van der Waals surface area (Å²) in [6.07, 6.45) is 3.59. The molecule has 6 heteroatoms. The first kappa shape index (κ1) is 19.7.